The van der Waals surface area contributed by atoms with Crippen LogP contribution in [0.3, 0.4) is 0 Å². The van der Waals surface area contributed by atoms with Gasteiger partial charge in [0.05, 0.1) is 0 Å². The summed E-state index contributed by atoms with van der Waals surface area (Å²) < 4.78 is 5.22. The minimum Gasteiger partial charge on any atom is -0.413 e. The Labute approximate surface area is 101 Å². The van der Waals surface area contributed by atoms with Crippen LogP contribution in [-0.2, 0) is 4.74 Å². The quantitative estimate of drug-likeness (QED) is 0.804. The van der Waals surface area contributed by atoms with E-state index in [1.807, 2.05) is 36.4 Å². The summed E-state index contributed by atoms with van der Waals surface area (Å²) in [7, 11) is 0. The number of hydrogen-bond acceptors (Lipinski definition) is 2. The number of amides is 1. The molecule has 17 heavy (non-hydrogen) atoms. The molecule has 0 spiro atoms. The van der Waals surface area contributed by atoms with E-state index in [1.165, 1.54) is 0 Å². The molecule has 0 bridgehead atoms. The molecule has 1 N–H and O–H groups in total. The van der Waals surface area contributed by atoms with Crippen molar-refractivity contribution in [1.82, 2.24) is 5.32 Å². The highest BCUT2D eigenvalue weighted by Gasteiger charge is 2.31. The maximum Gasteiger partial charge on any atom is 0.413 e. The van der Waals surface area contributed by atoms with Crippen molar-refractivity contribution < 1.29 is 9.53 Å². The minimum atomic E-state index is -0.380. The van der Waals surface area contributed by atoms with Crippen molar-refractivity contribution in [3.63, 3.8) is 0 Å². The van der Waals surface area contributed by atoms with Crippen molar-refractivity contribution in [3.05, 3.63) is 47.7 Å². The number of nitrogens with one attached hydrogen (secondary N) is 1. The average molecular weight is 231 g/mol. The largest absolute Gasteiger partial charge is 0.413 e. The zero-order chi connectivity index (χ0) is 12.5. The number of ether oxygens (including phenoxy) is 1. The molecule has 1 heterocycles. The third-order valence-corrected chi connectivity index (χ3v) is 2.47. The number of carbonyl (C=O) groups is 1. The number of hydrogen-bond donors (Lipinski definition) is 1. The van der Waals surface area contributed by atoms with Gasteiger partial charge in [0.15, 0.2) is 0 Å². The number of cyclic esters (lactones) is 1. The summed E-state index contributed by atoms with van der Waals surface area (Å²) in [6, 6.07) is 9.66. The first kappa shape index (κ1) is 11.7. The van der Waals surface area contributed by atoms with Gasteiger partial charge in [-0.25, -0.2) is 4.79 Å². The first-order chi connectivity index (χ1) is 7.96. The van der Waals surface area contributed by atoms with Crippen LogP contribution >= 0.6 is 0 Å². The lowest BCUT2D eigenvalue weighted by Gasteiger charge is -2.16. The van der Waals surface area contributed by atoms with E-state index in [-0.39, 0.29) is 17.6 Å². The van der Waals surface area contributed by atoms with Crippen LogP contribution in [0.5, 0.6) is 0 Å². The molecule has 1 amide bonds. The Morgan fingerprint density at radius 1 is 1.24 bits per heavy atom. The summed E-state index contributed by atoms with van der Waals surface area (Å²) in [6.45, 7) is 6.23. The van der Waals surface area contributed by atoms with Crippen molar-refractivity contribution in [3.8, 4) is 0 Å². The third kappa shape index (κ3) is 2.87. The fourth-order valence-corrected chi connectivity index (χ4v) is 1.82. The fourth-order valence-electron chi connectivity index (χ4n) is 1.82. The standard InChI is InChI=1S/C14H17NO2/c1-14(2,3)9-11-12(15-13(16)17-11)10-7-5-4-6-8-10/h4-9,12H,1-3H3,(H,15,16)/b11-9-. The highest BCUT2D eigenvalue weighted by Crippen LogP contribution is 2.31. The Morgan fingerprint density at radius 2 is 1.88 bits per heavy atom. The normalized spacial score (nSPS) is 22.4. The molecular formula is C14H17NO2. The summed E-state index contributed by atoms with van der Waals surface area (Å²) in [5, 5.41) is 2.81. The van der Waals surface area contributed by atoms with E-state index >= 15 is 0 Å². The number of allylic oxidation sites excluding steroid dienone is 1. The van der Waals surface area contributed by atoms with E-state index in [9.17, 15) is 4.79 Å². The highest BCUT2D eigenvalue weighted by atomic mass is 16.6. The monoisotopic (exact) mass is 231 g/mol. The zero-order valence-corrected chi connectivity index (χ0v) is 10.4. The summed E-state index contributed by atoms with van der Waals surface area (Å²) >= 11 is 0. The molecule has 1 fully saturated rings. The van der Waals surface area contributed by atoms with Gasteiger partial charge in [-0.05, 0) is 17.1 Å². The smallest absolute Gasteiger partial charge is 0.413 e. The van der Waals surface area contributed by atoms with Crippen molar-refractivity contribution in [2.75, 3.05) is 0 Å². The molecule has 1 atom stereocenters. The van der Waals surface area contributed by atoms with E-state index in [1.54, 1.807) is 0 Å². The predicted octanol–water partition coefficient (Wildman–Crippen LogP) is 3.40. The second-order valence-electron chi connectivity index (χ2n) is 5.29. The molecule has 0 radical (unpaired) electrons. The van der Waals surface area contributed by atoms with E-state index < -0.39 is 0 Å². The van der Waals surface area contributed by atoms with Gasteiger partial charge in [-0.15, -0.1) is 0 Å². The molecular weight excluding hydrogens is 214 g/mol. The first-order valence-corrected chi connectivity index (χ1v) is 5.72. The molecule has 0 aliphatic carbocycles. The first-order valence-electron chi connectivity index (χ1n) is 5.72. The van der Waals surface area contributed by atoms with Crippen LogP contribution in [-0.4, -0.2) is 6.09 Å². The maximum atomic E-state index is 11.3. The third-order valence-electron chi connectivity index (χ3n) is 2.47. The van der Waals surface area contributed by atoms with Crippen molar-refractivity contribution in [1.29, 1.82) is 0 Å². The van der Waals surface area contributed by atoms with Crippen LogP contribution in [0.4, 0.5) is 4.79 Å². The Morgan fingerprint density at radius 3 is 2.47 bits per heavy atom. The SMILES string of the molecule is CC(C)(C)/C=C1\OC(=O)NC1c1ccccc1. The lowest BCUT2D eigenvalue weighted by Crippen LogP contribution is -2.18. The van der Waals surface area contributed by atoms with Crippen LogP contribution in [0.1, 0.15) is 32.4 Å². The Hall–Kier alpha value is -1.77. The van der Waals surface area contributed by atoms with Crippen LogP contribution in [0.25, 0.3) is 0 Å². The number of benzene rings is 1. The van der Waals surface area contributed by atoms with Crippen LogP contribution in [0, 0.1) is 5.41 Å². The minimum absolute atomic E-state index is 0.0192. The van der Waals surface area contributed by atoms with Gasteiger partial charge in [0.2, 0.25) is 0 Å². The molecule has 1 aliphatic heterocycles. The highest BCUT2D eigenvalue weighted by molar-refractivity contribution is 5.73. The average Bonchev–Trinajstić information content (AvgIpc) is 2.58. The van der Waals surface area contributed by atoms with E-state index in [2.05, 4.69) is 26.1 Å². The molecule has 1 unspecified atom stereocenters. The van der Waals surface area contributed by atoms with Gasteiger partial charge in [-0.1, -0.05) is 51.1 Å². The van der Waals surface area contributed by atoms with Gasteiger partial charge in [-0.2, -0.15) is 0 Å². The summed E-state index contributed by atoms with van der Waals surface area (Å²) in [4.78, 5) is 11.3. The Kier molecular flexibility index (Phi) is 2.92. The van der Waals surface area contributed by atoms with Gasteiger partial charge in [0.25, 0.3) is 0 Å². The van der Waals surface area contributed by atoms with Crippen LogP contribution in [0.15, 0.2) is 42.2 Å². The zero-order valence-electron chi connectivity index (χ0n) is 10.4. The second kappa shape index (κ2) is 4.24. The van der Waals surface area contributed by atoms with E-state index in [0.717, 1.165) is 5.56 Å². The van der Waals surface area contributed by atoms with E-state index in [4.69, 9.17) is 4.74 Å². The molecule has 3 heteroatoms. The van der Waals surface area contributed by atoms with Gasteiger partial charge in [0.1, 0.15) is 11.8 Å². The van der Waals surface area contributed by atoms with Crippen LogP contribution in [0.2, 0.25) is 0 Å². The number of alkyl carbamates (subject to hydrolysis) is 1. The number of carbonyl (C=O) groups excluding carboxylic acids is 1. The van der Waals surface area contributed by atoms with Crippen molar-refractivity contribution >= 4 is 6.09 Å². The lowest BCUT2D eigenvalue weighted by molar-refractivity contribution is 0.194. The van der Waals surface area contributed by atoms with Crippen molar-refractivity contribution in [2.45, 2.75) is 26.8 Å². The van der Waals surface area contributed by atoms with Gasteiger partial charge < -0.3 is 10.1 Å². The van der Waals surface area contributed by atoms with Gasteiger partial charge in [-0.3, -0.25) is 0 Å². The summed E-state index contributed by atoms with van der Waals surface area (Å²) in [6.07, 6.45) is 1.61. The molecule has 1 aromatic carbocycles. The molecule has 0 saturated carbocycles. The molecule has 3 nitrogen and oxygen atoms in total. The van der Waals surface area contributed by atoms with Crippen LogP contribution < -0.4 is 5.32 Å². The Bertz CT molecular complexity index is 443. The molecule has 2 rings (SSSR count). The predicted molar refractivity (Wildman–Crippen MR) is 66.3 cm³/mol. The Balaban J connectivity index is 2.33. The van der Waals surface area contributed by atoms with Crippen molar-refractivity contribution in [2.24, 2.45) is 5.41 Å². The summed E-state index contributed by atoms with van der Waals surface area (Å²) in [5.74, 6) is 0.689. The van der Waals surface area contributed by atoms with Gasteiger partial charge >= 0.3 is 6.09 Å². The molecule has 90 valence electrons. The molecule has 1 saturated heterocycles. The summed E-state index contributed by atoms with van der Waals surface area (Å²) in [5.41, 5.74) is 1.02. The number of rotatable bonds is 1. The molecule has 1 aliphatic rings. The maximum absolute atomic E-state index is 11.3. The lowest BCUT2D eigenvalue weighted by atomic mass is 9.93. The van der Waals surface area contributed by atoms with E-state index in [0.29, 0.717) is 5.76 Å². The van der Waals surface area contributed by atoms with Gasteiger partial charge in [0, 0.05) is 0 Å². The molecule has 1 aromatic rings. The second-order valence-corrected chi connectivity index (χ2v) is 5.29. The molecule has 0 aromatic heterocycles. The fraction of sp³-hybridized carbons (Fsp3) is 0.357. The topological polar surface area (TPSA) is 38.3 Å².